The minimum atomic E-state index is 0.662. The fourth-order valence-electron chi connectivity index (χ4n) is 0.724. The van der Waals surface area contributed by atoms with Gasteiger partial charge in [0.1, 0.15) is 0 Å². The van der Waals surface area contributed by atoms with E-state index in [0.29, 0.717) is 4.83 Å². The second-order valence-electron chi connectivity index (χ2n) is 2.26. The molecule has 0 aliphatic heterocycles. The molecule has 1 atom stereocenters. The lowest BCUT2D eigenvalue weighted by molar-refractivity contribution is 0.695. The Hall–Kier alpha value is 0.220. The van der Waals surface area contributed by atoms with Crippen LogP contribution in [0.2, 0.25) is 0 Å². The van der Waals surface area contributed by atoms with Crippen molar-refractivity contribution in [3.05, 3.63) is 12.7 Å². The Morgan fingerprint density at radius 2 is 2.33 bits per heavy atom. The van der Waals surface area contributed by atoms with Crippen LogP contribution in [0.25, 0.3) is 0 Å². The molecule has 0 saturated carbocycles. The second kappa shape index (κ2) is 6.34. The number of rotatable bonds is 5. The van der Waals surface area contributed by atoms with Gasteiger partial charge in [0.25, 0.3) is 0 Å². The summed E-state index contributed by atoms with van der Waals surface area (Å²) in [5.74, 6) is 0. The van der Waals surface area contributed by atoms with Gasteiger partial charge in [-0.1, -0.05) is 41.8 Å². The van der Waals surface area contributed by atoms with Crippen LogP contribution in [-0.4, -0.2) is 4.83 Å². The van der Waals surface area contributed by atoms with Crippen LogP contribution >= 0.6 is 15.9 Å². The van der Waals surface area contributed by atoms with Gasteiger partial charge in [0, 0.05) is 4.83 Å². The first-order valence-electron chi connectivity index (χ1n) is 3.56. The molecule has 0 heterocycles. The molecular formula is C8H15Br. The fourth-order valence-corrected chi connectivity index (χ4v) is 1.31. The maximum absolute atomic E-state index is 3.68. The van der Waals surface area contributed by atoms with Gasteiger partial charge in [0.15, 0.2) is 0 Å². The molecule has 0 fully saturated rings. The number of alkyl halides is 1. The zero-order valence-corrected chi connectivity index (χ0v) is 7.65. The van der Waals surface area contributed by atoms with Crippen LogP contribution in [0, 0.1) is 0 Å². The van der Waals surface area contributed by atoms with E-state index in [1.54, 1.807) is 0 Å². The number of hydrogen-bond acceptors (Lipinski definition) is 0. The van der Waals surface area contributed by atoms with Crippen LogP contribution in [-0.2, 0) is 0 Å². The molecule has 0 bridgehead atoms. The van der Waals surface area contributed by atoms with Gasteiger partial charge in [-0.2, -0.15) is 0 Å². The Balaban J connectivity index is 3.04. The standard InChI is InChI=1S/C8H15Br/c1-3-5-7-8(9)6-4-2/h4,8H,2-3,5-7H2,1H3. The number of hydrogen-bond donors (Lipinski definition) is 0. The molecule has 0 aliphatic carbocycles. The Morgan fingerprint density at radius 3 is 2.78 bits per heavy atom. The summed E-state index contributed by atoms with van der Waals surface area (Å²) in [6.07, 6.45) is 6.96. The number of unbranched alkanes of at least 4 members (excludes halogenated alkanes) is 1. The Kier molecular flexibility index (Phi) is 6.50. The minimum absolute atomic E-state index is 0.662. The third kappa shape index (κ3) is 6.10. The molecule has 54 valence electrons. The van der Waals surface area contributed by atoms with Crippen molar-refractivity contribution in [2.45, 2.75) is 37.4 Å². The molecule has 0 aromatic heterocycles. The predicted octanol–water partition coefficient (Wildman–Crippen LogP) is 3.52. The molecule has 0 rings (SSSR count). The molecule has 0 radical (unpaired) electrons. The quantitative estimate of drug-likeness (QED) is 0.460. The van der Waals surface area contributed by atoms with Crippen LogP contribution in [0.3, 0.4) is 0 Å². The molecule has 0 amide bonds. The number of halogens is 1. The van der Waals surface area contributed by atoms with Gasteiger partial charge in [-0.15, -0.1) is 6.58 Å². The van der Waals surface area contributed by atoms with Gasteiger partial charge in [-0.05, 0) is 12.8 Å². The van der Waals surface area contributed by atoms with E-state index in [9.17, 15) is 0 Å². The average Bonchev–Trinajstić information content (AvgIpc) is 1.85. The smallest absolute Gasteiger partial charge is 0.0180 e. The predicted molar refractivity (Wildman–Crippen MR) is 47.1 cm³/mol. The molecule has 0 N–H and O–H groups in total. The van der Waals surface area contributed by atoms with E-state index in [-0.39, 0.29) is 0 Å². The molecule has 0 saturated heterocycles. The van der Waals surface area contributed by atoms with E-state index < -0.39 is 0 Å². The van der Waals surface area contributed by atoms with E-state index in [4.69, 9.17) is 0 Å². The fraction of sp³-hybridized carbons (Fsp3) is 0.750. The summed E-state index contributed by atoms with van der Waals surface area (Å²) in [6, 6.07) is 0. The Bertz CT molecular complexity index is 69.0. The summed E-state index contributed by atoms with van der Waals surface area (Å²) in [7, 11) is 0. The van der Waals surface area contributed by atoms with Crippen LogP contribution < -0.4 is 0 Å². The summed E-state index contributed by atoms with van der Waals surface area (Å²) in [5, 5.41) is 0. The van der Waals surface area contributed by atoms with Gasteiger partial charge in [0.2, 0.25) is 0 Å². The maximum Gasteiger partial charge on any atom is 0.0180 e. The number of allylic oxidation sites excluding steroid dienone is 1. The minimum Gasteiger partial charge on any atom is -0.103 e. The van der Waals surface area contributed by atoms with Gasteiger partial charge < -0.3 is 0 Å². The topological polar surface area (TPSA) is 0 Å². The van der Waals surface area contributed by atoms with Crippen molar-refractivity contribution in [3.8, 4) is 0 Å². The van der Waals surface area contributed by atoms with E-state index in [1.807, 2.05) is 6.08 Å². The van der Waals surface area contributed by atoms with E-state index in [1.165, 1.54) is 19.3 Å². The molecule has 1 heteroatoms. The monoisotopic (exact) mass is 190 g/mol. The average molecular weight is 191 g/mol. The molecule has 0 aromatic rings. The van der Waals surface area contributed by atoms with Gasteiger partial charge in [0.05, 0.1) is 0 Å². The van der Waals surface area contributed by atoms with E-state index in [2.05, 4.69) is 29.4 Å². The van der Waals surface area contributed by atoms with Crippen LogP contribution in [0.15, 0.2) is 12.7 Å². The maximum atomic E-state index is 3.68. The van der Waals surface area contributed by atoms with Gasteiger partial charge >= 0.3 is 0 Å². The summed E-state index contributed by atoms with van der Waals surface area (Å²) >= 11 is 3.57. The van der Waals surface area contributed by atoms with Crippen molar-refractivity contribution in [1.82, 2.24) is 0 Å². The molecule has 1 unspecified atom stereocenters. The summed E-state index contributed by atoms with van der Waals surface area (Å²) in [6.45, 7) is 5.89. The largest absolute Gasteiger partial charge is 0.103 e. The van der Waals surface area contributed by atoms with Crippen molar-refractivity contribution in [2.24, 2.45) is 0 Å². The molecule has 0 aromatic carbocycles. The summed E-state index contributed by atoms with van der Waals surface area (Å²) in [5.41, 5.74) is 0. The first kappa shape index (κ1) is 9.22. The van der Waals surface area contributed by atoms with E-state index >= 15 is 0 Å². The molecular weight excluding hydrogens is 176 g/mol. The Labute approximate surface area is 66.5 Å². The van der Waals surface area contributed by atoms with Crippen molar-refractivity contribution < 1.29 is 0 Å². The van der Waals surface area contributed by atoms with Gasteiger partial charge in [-0.3, -0.25) is 0 Å². The molecule has 9 heavy (non-hydrogen) atoms. The van der Waals surface area contributed by atoms with Gasteiger partial charge in [-0.25, -0.2) is 0 Å². The third-order valence-electron chi connectivity index (χ3n) is 1.29. The highest BCUT2D eigenvalue weighted by Gasteiger charge is 1.98. The highest BCUT2D eigenvalue weighted by atomic mass is 79.9. The SMILES string of the molecule is C=CCC(Br)CCCC. The lowest BCUT2D eigenvalue weighted by atomic mass is 10.1. The van der Waals surface area contributed by atoms with Crippen molar-refractivity contribution in [1.29, 1.82) is 0 Å². The second-order valence-corrected chi connectivity index (χ2v) is 3.56. The van der Waals surface area contributed by atoms with Crippen LogP contribution in [0.4, 0.5) is 0 Å². The zero-order valence-electron chi connectivity index (χ0n) is 6.07. The highest BCUT2D eigenvalue weighted by molar-refractivity contribution is 9.09. The molecule has 0 aliphatic rings. The molecule has 0 nitrogen and oxygen atoms in total. The highest BCUT2D eigenvalue weighted by Crippen LogP contribution is 2.13. The van der Waals surface area contributed by atoms with Crippen molar-refractivity contribution >= 4 is 15.9 Å². The van der Waals surface area contributed by atoms with Crippen molar-refractivity contribution in [2.75, 3.05) is 0 Å². The molecule has 0 spiro atoms. The van der Waals surface area contributed by atoms with Crippen LogP contribution in [0.5, 0.6) is 0 Å². The van der Waals surface area contributed by atoms with Crippen molar-refractivity contribution in [3.63, 3.8) is 0 Å². The Morgan fingerprint density at radius 1 is 1.67 bits per heavy atom. The van der Waals surface area contributed by atoms with Crippen LogP contribution in [0.1, 0.15) is 32.6 Å². The summed E-state index contributed by atoms with van der Waals surface area (Å²) in [4.78, 5) is 0.662. The third-order valence-corrected chi connectivity index (χ3v) is 2.12. The first-order chi connectivity index (χ1) is 4.31. The zero-order chi connectivity index (χ0) is 7.11. The normalized spacial score (nSPS) is 13.1. The first-order valence-corrected chi connectivity index (χ1v) is 4.47. The lowest BCUT2D eigenvalue weighted by Gasteiger charge is -2.03. The summed E-state index contributed by atoms with van der Waals surface area (Å²) < 4.78 is 0. The lowest BCUT2D eigenvalue weighted by Crippen LogP contribution is -1.93. The van der Waals surface area contributed by atoms with E-state index in [0.717, 1.165) is 6.42 Å².